The third-order valence-electron chi connectivity index (χ3n) is 7.90. The number of carbonyl (C=O) groups is 1. The molecule has 3 aromatic heterocycles. The van der Waals surface area contributed by atoms with Crippen molar-refractivity contribution in [2.24, 2.45) is 5.92 Å². The molecule has 6 heteroatoms. The van der Waals surface area contributed by atoms with Gasteiger partial charge in [-0.25, -0.2) is 0 Å². The molecule has 6 rings (SSSR count). The number of aryl methyl sites for hydroxylation is 3. The number of amides is 1. The molecule has 5 nitrogen and oxygen atoms in total. The van der Waals surface area contributed by atoms with Crippen molar-refractivity contribution >= 4 is 28.4 Å². The highest BCUT2D eigenvalue weighted by molar-refractivity contribution is 6.35. The van der Waals surface area contributed by atoms with Crippen molar-refractivity contribution in [1.82, 2.24) is 19.9 Å². The Bertz CT molecular complexity index is 1390. The van der Waals surface area contributed by atoms with Crippen LogP contribution in [-0.2, 0) is 24.1 Å². The van der Waals surface area contributed by atoms with E-state index in [9.17, 15) is 4.79 Å². The van der Waals surface area contributed by atoms with E-state index in [0.29, 0.717) is 12.3 Å². The van der Waals surface area contributed by atoms with E-state index >= 15 is 0 Å². The zero-order chi connectivity index (χ0) is 23.9. The minimum absolute atomic E-state index is 0.199. The zero-order valence-electron chi connectivity index (χ0n) is 19.9. The Labute approximate surface area is 210 Å². The fraction of sp³-hybridized carbons (Fsp3) is 0.345. The average Bonchev–Trinajstić information content (AvgIpc) is 3.19. The van der Waals surface area contributed by atoms with Gasteiger partial charge in [0, 0.05) is 49.2 Å². The molecule has 0 spiro atoms. The zero-order valence-corrected chi connectivity index (χ0v) is 20.7. The lowest BCUT2D eigenvalue weighted by Crippen LogP contribution is -2.40. The molecule has 1 aliphatic heterocycles. The van der Waals surface area contributed by atoms with Gasteiger partial charge in [0.15, 0.2) is 0 Å². The predicted octanol–water partition coefficient (Wildman–Crippen LogP) is 5.63. The van der Waals surface area contributed by atoms with Crippen molar-refractivity contribution < 1.29 is 4.79 Å². The number of nitrogens with zero attached hydrogens (tertiary/aromatic N) is 3. The number of pyridine rings is 2. The van der Waals surface area contributed by atoms with Crippen molar-refractivity contribution in [3.8, 4) is 0 Å². The molecule has 0 bridgehead atoms. The molecule has 1 amide bonds. The second-order valence-corrected chi connectivity index (χ2v) is 10.3. The fourth-order valence-electron chi connectivity index (χ4n) is 6.16. The third kappa shape index (κ3) is 4.02. The second-order valence-electron chi connectivity index (χ2n) is 9.93. The molecule has 1 N–H and O–H groups in total. The van der Waals surface area contributed by atoms with Gasteiger partial charge < -0.3 is 9.88 Å². The number of likely N-dealkylation sites (tertiary alicyclic amines) is 1. The van der Waals surface area contributed by atoms with Crippen LogP contribution in [0, 0.1) is 12.8 Å². The number of hydrogen-bond acceptors (Lipinski definition) is 3. The first-order valence-corrected chi connectivity index (χ1v) is 12.9. The largest absolute Gasteiger partial charge is 0.360 e. The van der Waals surface area contributed by atoms with Crippen LogP contribution in [0.1, 0.15) is 52.3 Å². The molecule has 0 saturated carbocycles. The lowest BCUT2D eigenvalue weighted by molar-refractivity contribution is -0.131. The molecule has 35 heavy (non-hydrogen) atoms. The molecule has 1 fully saturated rings. The Morgan fingerprint density at radius 2 is 1.89 bits per heavy atom. The number of benzene rings is 1. The topological polar surface area (TPSA) is 61.9 Å². The summed E-state index contributed by atoms with van der Waals surface area (Å²) in [5, 5.41) is 2.05. The van der Waals surface area contributed by atoms with Crippen molar-refractivity contribution in [3.05, 3.63) is 93.7 Å². The van der Waals surface area contributed by atoms with Crippen molar-refractivity contribution in [2.75, 3.05) is 13.1 Å². The molecular formula is C29H29ClN4O. The van der Waals surface area contributed by atoms with Gasteiger partial charge in [-0.3, -0.25) is 14.8 Å². The summed E-state index contributed by atoms with van der Waals surface area (Å²) in [6.45, 7) is 3.73. The molecule has 1 unspecified atom stereocenters. The van der Waals surface area contributed by atoms with Gasteiger partial charge in [0.05, 0.1) is 22.7 Å². The first-order chi connectivity index (χ1) is 17.1. The quantitative estimate of drug-likeness (QED) is 0.410. The molecule has 178 valence electrons. The molecule has 1 aliphatic carbocycles. The standard InChI is InChI=1S/C29H29ClN4O/c1-18-17-33-29-23(30)16-22-5-4-21-3-2-10-32-28(21)27(26(22)25(18)29)20-8-13-34(14-9-20)24(35)15-19-6-11-31-12-7-19/h2-3,6-7,10-12,16-17,20,27,33H,4-5,8-9,13-15H2,1H3. The van der Waals surface area contributed by atoms with E-state index < -0.39 is 0 Å². The summed E-state index contributed by atoms with van der Waals surface area (Å²) in [5.74, 6) is 0.824. The van der Waals surface area contributed by atoms with Crippen LogP contribution in [0.3, 0.4) is 0 Å². The van der Waals surface area contributed by atoms with E-state index in [1.165, 1.54) is 33.3 Å². The van der Waals surface area contributed by atoms with Gasteiger partial charge in [-0.05, 0) is 90.6 Å². The third-order valence-corrected chi connectivity index (χ3v) is 8.19. The van der Waals surface area contributed by atoms with Gasteiger partial charge in [-0.1, -0.05) is 17.7 Å². The monoisotopic (exact) mass is 484 g/mol. The van der Waals surface area contributed by atoms with Crippen molar-refractivity contribution in [1.29, 1.82) is 0 Å². The number of carbonyl (C=O) groups excluding carboxylic acids is 1. The number of rotatable bonds is 3. The van der Waals surface area contributed by atoms with Gasteiger partial charge in [-0.15, -0.1) is 0 Å². The Morgan fingerprint density at radius 1 is 1.11 bits per heavy atom. The van der Waals surface area contributed by atoms with Crippen LogP contribution >= 0.6 is 11.6 Å². The van der Waals surface area contributed by atoms with Crippen LogP contribution in [0.4, 0.5) is 0 Å². The molecule has 4 aromatic rings. The van der Waals surface area contributed by atoms with E-state index in [4.69, 9.17) is 16.6 Å². The summed E-state index contributed by atoms with van der Waals surface area (Å²) in [7, 11) is 0. The van der Waals surface area contributed by atoms with Crippen LogP contribution in [-0.4, -0.2) is 38.8 Å². The number of nitrogens with one attached hydrogen (secondary N) is 1. The van der Waals surface area contributed by atoms with Crippen LogP contribution in [0.5, 0.6) is 0 Å². The van der Waals surface area contributed by atoms with E-state index in [1.54, 1.807) is 12.4 Å². The summed E-state index contributed by atoms with van der Waals surface area (Å²) in [6, 6.07) is 10.3. The fourth-order valence-corrected chi connectivity index (χ4v) is 6.44. The van der Waals surface area contributed by atoms with Crippen molar-refractivity contribution in [3.63, 3.8) is 0 Å². The summed E-state index contributed by atoms with van der Waals surface area (Å²) in [6.07, 6.45) is 11.8. The maximum atomic E-state index is 13.0. The number of aromatic amines is 1. The van der Waals surface area contributed by atoms with Gasteiger partial charge in [-0.2, -0.15) is 0 Å². The van der Waals surface area contributed by atoms with Crippen LogP contribution in [0.2, 0.25) is 5.02 Å². The smallest absolute Gasteiger partial charge is 0.226 e. The van der Waals surface area contributed by atoms with E-state index in [2.05, 4.69) is 41.3 Å². The normalized spacial score (nSPS) is 18.2. The Kier molecular flexibility index (Phi) is 5.81. The van der Waals surface area contributed by atoms with E-state index in [0.717, 1.165) is 54.9 Å². The van der Waals surface area contributed by atoms with Crippen molar-refractivity contribution in [2.45, 2.75) is 44.9 Å². The molecule has 0 radical (unpaired) electrons. The van der Waals surface area contributed by atoms with E-state index in [-0.39, 0.29) is 11.8 Å². The summed E-state index contributed by atoms with van der Waals surface area (Å²) in [5.41, 5.74) is 8.54. The highest BCUT2D eigenvalue weighted by Gasteiger charge is 2.36. The number of halogens is 1. The number of H-pyrrole nitrogens is 1. The van der Waals surface area contributed by atoms with Crippen LogP contribution in [0.15, 0.2) is 55.1 Å². The first kappa shape index (κ1) is 22.3. The lowest BCUT2D eigenvalue weighted by Gasteiger charge is -2.37. The lowest BCUT2D eigenvalue weighted by atomic mass is 9.75. The molecule has 2 aliphatic rings. The Balaban J connectivity index is 1.35. The van der Waals surface area contributed by atoms with Crippen LogP contribution in [0.25, 0.3) is 10.9 Å². The maximum absolute atomic E-state index is 13.0. The highest BCUT2D eigenvalue weighted by atomic mass is 35.5. The number of piperidine rings is 1. The molecule has 4 heterocycles. The summed E-state index contributed by atoms with van der Waals surface area (Å²) >= 11 is 6.73. The van der Waals surface area contributed by atoms with Gasteiger partial charge in [0.25, 0.3) is 0 Å². The highest BCUT2D eigenvalue weighted by Crippen LogP contribution is 2.47. The van der Waals surface area contributed by atoms with Gasteiger partial charge in [0.1, 0.15) is 0 Å². The molecule has 1 atom stereocenters. The average molecular weight is 485 g/mol. The summed E-state index contributed by atoms with van der Waals surface area (Å²) < 4.78 is 0. The SMILES string of the molecule is Cc1c[nH]c2c(Cl)cc3c(c12)C(C1CCN(C(=O)Cc2ccncc2)CC1)c1ncccc1CC3. The number of fused-ring (bicyclic) bond motifs is 4. The van der Waals surface area contributed by atoms with E-state index in [1.807, 2.05) is 23.2 Å². The minimum Gasteiger partial charge on any atom is -0.360 e. The predicted molar refractivity (Wildman–Crippen MR) is 139 cm³/mol. The van der Waals surface area contributed by atoms with Crippen LogP contribution < -0.4 is 0 Å². The Morgan fingerprint density at radius 3 is 2.69 bits per heavy atom. The Hall–Kier alpha value is -3.18. The second kappa shape index (κ2) is 9.12. The van der Waals surface area contributed by atoms with Gasteiger partial charge in [0.2, 0.25) is 5.91 Å². The number of aromatic nitrogens is 3. The first-order valence-electron chi connectivity index (χ1n) is 12.5. The van der Waals surface area contributed by atoms with Gasteiger partial charge >= 0.3 is 0 Å². The number of hydrogen-bond donors (Lipinski definition) is 1. The minimum atomic E-state index is 0.199. The summed E-state index contributed by atoms with van der Waals surface area (Å²) in [4.78, 5) is 27.5. The maximum Gasteiger partial charge on any atom is 0.226 e. The molecule has 1 aromatic carbocycles. The molecular weight excluding hydrogens is 456 g/mol. The molecule has 1 saturated heterocycles.